The number of hydrogen-bond donors (Lipinski definition) is 0. The van der Waals surface area contributed by atoms with Crippen LogP contribution in [0, 0.1) is 0 Å². The Morgan fingerprint density at radius 2 is 2.00 bits per heavy atom. The number of rotatable bonds is 2. The van der Waals surface area contributed by atoms with Crippen LogP contribution in [-0.2, 0) is 7.05 Å². The Balaban J connectivity index is 2.21. The van der Waals surface area contributed by atoms with Gasteiger partial charge in [0.05, 0.1) is 18.2 Å². The van der Waals surface area contributed by atoms with Gasteiger partial charge < -0.3 is 4.74 Å². The van der Waals surface area contributed by atoms with Crippen molar-refractivity contribution in [2.24, 2.45) is 12.0 Å². The van der Waals surface area contributed by atoms with Crippen molar-refractivity contribution < 1.29 is 4.74 Å². The first kappa shape index (κ1) is 13.5. The number of hydrogen-bond acceptors (Lipinski definition) is 5. The summed E-state index contributed by atoms with van der Waals surface area (Å²) in [5.41, 5.74) is 0.668. The highest BCUT2D eigenvalue weighted by Crippen LogP contribution is 2.17. The Hall–Kier alpha value is -2.47. The van der Waals surface area contributed by atoms with E-state index in [-0.39, 0.29) is 5.56 Å². The molecule has 0 bridgehead atoms. The molecule has 5 nitrogen and oxygen atoms in total. The van der Waals surface area contributed by atoms with Gasteiger partial charge in [0.15, 0.2) is 4.80 Å². The molecule has 0 atom stereocenters. The average Bonchev–Trinajstić information content (AvgIpc) is 2.53. The Morgan fingerprint density at radius 3 is 2.71 bits per heavy atom. The molecule has 2 heterocycles. The van der Waals surface area contributed by atoms with Crippen molar-refractivity contribution in [3.63, 3.8) is 0 Å². The molecule has 0 unspecified atom stereocenters. The number of ether oxygens (including phenoxy) is 1. The zero-order valence-electron chi connectivity index (χ0n) is 11.6. The second-order valence-electron chi connectivity index (χ2n) is 4.41. The Bertz CT molecular complexity index is 911. The summed E-state index contributed by atoms with van der Waals surface area (Å²) in [5, 5.41) is 0.610. The van der Waals surface area contributed by atoms with Gasteiger partial charge in [0.25, 0.3) is 5.56 Å². The van der Waals surface area contributed by atoms with E-state index in [0.29, 0.717) is 15.0 Å². The predicted molar refractivity (Wildman–Crippen MR) is 83.1 cm³/mol. The predicted octanol–water partition coefficient (Wildman–Crippen LogP) is 2.24. The van der Waals surface area contributed by atoms with Gasteiger partial charge in [-0.25, -0.2) is 9.98 Å². The first-order valence-electron chi connectivity index (χ1n) is 6.32. The molecule has 0 spiro atoms. The van der Waals surface area contributed by atoms with E-state index in [1.807, 2.05) is 24.3 Å². The van der Waals surface area contributed by atoms with E-state index in [2.05, 4.69) is 9.98 Å². The highest BCUT2D eigenvalue weighted by Gasteiger charge is 2.04. The number of fused-ring (bicyclic) bond motifs is 1. The fourth-order valence-electron chi connectivity index (χ4n) is 1.92. The van der Waals surface area contributed by atoms with Gasteiger partial charge in [0, 0.05) is 13.2 Å². The van der Waals surface area contributed by atoms with E-state index < -0.39 is 0 Å². The third kappa shape index (κ3) is 2.57. The molecule has 0 N–H and O–H groups in total. The van der Waals surface area contributed by atoms with Crippen LogP contribution in [0.25, 0.3) is 10.2 Å². The summed E-state index contributed by atoms with van der Waals surface area (Å²) in [4.78, 5) is 22.3. The van der Waals surface area contributed by atoms with Crippen molar-refractivity contribution in [1.29, 1.82) is 0 Å². The van der Waals surface area contributed by atoms with Crippen LogP contribution in [0.15, 0.2) is 52.4 Å². The normalized spacial score (nSPS) is 11.8. The van der Waals surface area contributed by atoms with Crippen molar-refractivity contribution in [2.75, 3.05) is 7.11 Å². The van der Waals surface area contributed by atoms with Crippen molar-refractivity contribution in [3.05, 3.63) is 57.8 Å². The lowest BCUT2D eigenvalue weighted by Crippen LogP contribution is -2.28. The molecule has 0 saturated heterocycles. The molecule has 0 aliphatic heterocycles. The van der Waals surface area contributed by atoms with Crippen LogP contribution >= 0.6 is 11.3 Å². The summed E-state index contributed by atoms with van der Waals surface area (Å²) in [6.07, 6.45) is 1.68. The number of aromatic nitrogens is 2. The van der Waals surface area contributed by atoms with E-state index in [1.165, 1.54) is 11.3 Å². The molecule has 0 aliphatic rings. The van der Waals surface area contributed by atoms with Crippen LogP contribution in [0.3, 0.4) is 0 Å². The molecule has 0 saturated carbocycles. The summed E-state index contributed by atoms with van der Waals surface area (Å²) in [6, 6.07) is 10.9. The van der Waals surface area contributed by atoms with Gasteiger partial charge in [-0.05, 0) is 36.4 Å². The monoisotopic (exact) mass is 299 g/mol. The zero-order chi connectivity index (χ0) is 14.8. The molecule has 2 aromatic heterocycles. The Labute approximate surface area is 124 Å². The van der Waals surface area contributed by atoms with Crippen LogP contribution in [0.4, 0.5) is 5.69 Å². The Kier molecular flexibility index (Phi) is 3.53. The van der Waals surface area contributed by atoms with Crippen molar-refractivity contribution >= 4 is 27.2 Å². The van der Waals surface area contributed by atoms with Crippen LogP contribution in [0.1, 0.15) is 0 Å². The minimum atomic E-state index is -0.0934. The molecular formula is C15H13N3O2S. The summed E-state index contributed by atoms with van der Waals surface area (Å²) in [5.74, 6) is 0.770. The summed E-state index contributed by atoms with van der Waals surface area (Å²) in [7, 11) is 3.33. The van der Waals surface area contributed by atoms with Crippen molar-refractivity contribution in [2.45, 2.75) is 0 Å². The highest BCUT2D eigenvalue weighted by atomic mass is 32.1. The third-order valence-electron chi connectivity index (χ3n) is 3.08. The maximum atomic E-state index is 12.3. The maximum Gasteiger partial charge on any atom is 0.262 e. The minimum absolute atomic E-state index is 0.0934. The van der Waals surface area contributed by atoms with E-state index >= 15 is 0 Å². The topological polar surface area (TPSA) is 56.5 Å². The molecule has 0 amide bonds. The van der Waals surface area contributed by atoms with Crippen LogP contribution in [0.5, 0.6) is 5.75 Å². The largest absolute Gasteiger partial charge is 0.497 e. The van der Waals surface area contributed by atoms with Gasteiger partial charge in [0.2, 0.25) is 0 Å². The highest BCUT2D eigenvalue weighted by molar-refractivity contribution is 7.15. The quantitative estimate of drug-likeness (QED) is 0.729. The molecule has 6 heteroatoms. The fraction of sp³-hybridized carbons (Fsp3) is 0.133. The van der Waals surface area contributed by atoms with Gasteiger partial charge in [-0.1, -0.05) is 11.3 Å². The standard InChI is InChI=1S/C15H13N3O2S/c1-18-14(19)12-4-3-9-16-13(12)21-15(18)17-10-5-7-11(20-2)8-6-10/h3-9H,1-2H3/b17-15-. The lowest BCUT2D eigenvalue weighted by atomic mass is 10.3. The molecule has 3 aromatic rings. The molecule has 106 valence electrons. The molecular weight excluding hydrogens is 286 g/mol. The first-order valence-corrected chi connectivity index (χ1v) is 7.14. The summed E-state index contributed by atoms with van der Waals surface area (Å²) >= 11 is 1.39. The SMILES string of the molecule is COc1ccc(/N=c2\sc3ncccc3c(=O)n2C)cc1. The minimum Gasteiger partial charge on any atom is -0.497 e. The van der Waals surface area contributed by atoms with Gasteiger partial charge in [0.1, 0.15) is 10.6 Å². The smallest absolute Gasteiger partial charge is 0.262 e. The number of benzene rings is 1. The second kappa shape index (κ2) is 5.49. The van der Waals surface area contributed by atoms with Gasteiger partial charge >= 0.3 is 0 Å². The number of methoxy groups -OCH3 is 1. The molecule has 0 fully saturated rings. The molecule has 0 radical (unpaired) electrons. The van der Waals surface area contributed by atoms with E-state index in [0.717, 1.165) is 11.4 Å². The summed E-state index contributed by atoms with van der Waals surface area (Å²) < 4.78 is 6.66. The maximum absolute atomic E-state index is 12.3. The number of nitrogens with zero attached hydrogens (tertiary/aromatic N) is 3. The van der Waals surface area contributed by atoms with E-state index in [4.69, 9.17) is 4.74 Å². The molecule has 3 rings (SSSR count). The Morgan fingerprint density at radius 1 is 1.24 bits per heavy atom. The van der Waals surface area contributed by atoms with Gasteiger partial charge in [-0.3, -0.25) is 9.36 Å². The van der Waals surface area contributed by atoms with E-state index in [1.54, 1.807) is 37.1 Å². The zero-order valence-corrected chi connectivity index (χ0v) is 12.4. The summed E-state index contributed by atoms with van der Waals surface area (Å²) in [6.45, 7) is 0. The lowest BCUT2D eigenvalue weighted by Gasteiger charge is -2.02. The van der Waals surface area contributed by atoms with E-state index in [9.17, 15) is 4.79 Å². The molecule has 0 aliphatic carbocycles. The first-order chi connectivity index (χ1) is 10.2. The average molecular weight is 299 g/mol. The molecule has 1 aromatic carbocycles. The van der Waals surface area contributed by atoms with Crippen molar-refractivity contribution in [1.82, 2.24) is 9.55 Å². The second-order valence-corrected chi connectivity index (χ2v) is 5.37. The lowest BCUT2D eigenvalue weighted by molar-refractivity contribution is 0.415. The fourth-order valence-corrected chi connectivity index (χ4v) is 2.85. The van der Waals surface area contributed by atoms with Crippen LogP contribution in [-0.4, -0.2) is 16.7 Å². The van der Waals surface area contributed by atoms with Crippen LogP contribution in [0.2, 0.25) is 0 Å². The third-order valence-corrected chi connectivity index (χ3v) is 4.14. The number of pyridine rings is 1. The van der Waals surface area contributed by atoms with Gasteiger partial charge in [-0.15, -0.1) is 0 Å². The van der Waals surface area contributed by atoms with Gasteiger partial charge in [-0.2, -0.15) is 0 Å². The van der Waals surface area contributed by atoms with Crippen molar-refractivity contribution in [3.8, 4) is 5.75 Å². The van der Waals surface area contributed by atoms with Crippen LogP contribution < -0.4 is 15.1 Å². The molecule has 21 heavy (non-hydrogen) atoms.